The van der Waals surface area contributed by atoms with Gasteiger partial charge in [0, 0.05) is 33.0 Å². The number of nitrogens with zero attached hydrogens (tertiary/aromatic N) is 5. The number of para-hydroxylation sites is 3. The summed E-state index contributed by atoms with van der Waals surface area (Å²) in [4.78, 5) is 14.8. The average molecular weight is 640 g/mol. The van der Waals surface area contributed by atoms with Gasteiger partial charge in [0.15, 0.2) is 17.5 Å². The van der Waals surface area contributed by atoms with Gasteiger partial charge in [-0.1, -0.05) is 152 Å². The second-order valence-corrected chi connectivity index (χ2v) is 12.5. The third-order valence-corrected chi connectivity index (χ3v) is 9.56. The molecule has 0 aliphatic carbocycles. The number of hydrogen-bond donors (Lipinski definition) is 0. The highest BCUT2D eigenvalue weighted by Gasteiger charge is 2.23. The Morgan fingerprint density at radius 3 is 1.48 bits per heavy atom. The molecular weight excluding hydrogens is 611 g/mol. The molecule has 0 fully saturated rings. The summed E-state index contributed by atoms with van der Waals surface area (Å²) in [6.07, 6.45) is 0. The zero-order chi connectivity index (χ0) is 33.0. The van der Waals surface area contributed by atoms with E-state index in [0.29, 0.717) is 17.5 Å². The molecule has 0 radical (unpaired) electrons. The topological polar surface area (TPSA) is 48.0 Å². The maximum absolute atomic E-state index is 4.97. The fraction of sp³-hybridized carbons (Fsp3) is 0. The van der Waals surface area contributed by atoms with Crippen molar-refractivity contribution >= 4 is 38.4 Å². The Bertz CT molecular complexity index is 2790. The van der Waals surface area contributed by atoms with Crippen molar-refractivity contribution in [2.24, 2.45) is 0 Å². The number of rotatable bonds is 5. The van der Waals surface area contributed by atoms with Gasteiger partial charge in [0.2, 0.25) is 0 Å². The first-order chi connectivity index (χ1) is 24.8. The normalized spacial score (nSPS) is 11.6. The minimum absolute atomic E-state index is 0.640. The van der Waals surface area contributed by atoms with Crippen molar-refractivity contribution in [2.75, 3.05) is 0 Å². The minimum Gasteiger partial charge on any atom is -0.293 e. The van der Waals surface area contributed by atoms with Crippen LogP contribution in [0.1, 0.15) is 0 Å². The molecule has 0 N–H and O–H groups in total. The lowest BCUT2D eigenvalue weighted by molar-refractivity contribution is 1.07. The fourth-order valence-electron chi connectivity index (χ4n) is 7.29. The van der Waals surface area contributed by atoms with E-state index in [-0.39, 0.29) is 0 Å². The van der Waals surface area contributed by atoms with Gasteiger partial charge >= 0.3 is 0 Å². The average Bonchev–Trinajstić information content (AvgIpc) is 3.71. The molecule has 5 nitrogen and oxygen atoms in total. The van der Waals surface area contributed by atoms with Crippen molar-refractivity contribution in [1.82, 2.24) is 23.9 Å². The Kier molecular flexibility index (Phi) is 6.42. The van der Waals surface area contributed by atoms with Gasteiger partial charge < -0.3 is 0 Å². The van der Waals surface area contributed by atoms with Crippen molar-refractivity contribution in [3.05, 3.63) is 176 Å². The molecule has 5 heteroatoms. The Labute approximate surface area is 288 Å². The summed E-state index contributed by atoms with van der Waals surface area (Å²) in [5, 5.41) is 3.63. The van der Waals surface area contributed by atoms with Crippen LogP contribution in [0.15, 0.2) is 176 Å². The van der Waals surface area contributed by atoms with E-state index in [4.69, 9.17) is 15.0 Å². The van der Waals surface area contributed by atoms with Crippen LogP contribution in [0.25, 0.3) is 89.3 Å². The second kappa shape index (κ2) is 11.4. The van der Waals surface area contributed by atoms with Crippen LogP contribution in [0, 0.1) is 0 Å². The molecule has 0 atom stereocenters. The molecule has 0 unspecified atom stereocenters. The summed E-state index contributed by atoms with van der Waals surface area (Å²) in [6.45, 7) is 0. The lowest BCUT2D eigenvalue weighted by Gasteiger charge is -2.12. The highest BCUT2D eigenvalue weighted by atomic mass is 15.1. The molecule has 0 bridgehead atoms. The maximum atomic E-state index is 4.97. The summed E-state index contributed by atoms with van der Waals surface area (Å²) in [5.41, 5.74) is 10.9. The van der Waals surface area contributed by atoms with E-state index in [9.17, 15) is 0 Å². The summed E-state index contributed by atoms with van der Waals surface area (Å²) < 4.78 is 4.85. The molecule has 3 heterocycles. The highest BCUT2D eigenvalue weighted by molar-refractivity contribution is 6.10. The van der Waals surface area contributed by atoms with E-state index in [2.05, 4.69) is 124 Å². The number of imidazole rings is 1. The van der Waals surface area contributed by atoms with Crippen molar-refractivity contribution in [1.29, 1.82) is 0 Å². The van der Waals surface area contributed by atoms with E-state index < -0.39 is 0 Å². The van der Waals surface area contributed by atoms with Crippen LogP contribution in [-0.4, -0.2) is 23.9 Å². The predicted octanol–water partition coefficient (Wildman–Crippen LogP) is 11.0. The first-order valence-corrected chi connectivity index (χ1v) is 16.8. The molecule has 0 saturated heterocycles. The van der Waals surface area contributed by atoms with Gasteiger partial charge in [-0.2, -0.15) is 0 Å². The molecule has 10 aromatic rings. The second-order valence-electron chi connectivity index (χ2n) is 12.5. The number of aromatic nitrogens is 5. The smallest absolute Gasteiger partial charge is 0.164 e. The monoisotopic (exact) mass is 639 g/mol. The summed E-state index contributed by atoms with van der Waals surface area (Å²) in [5.74, 6) is 1.94. The van der Waals surface area contributed by atoms with Crippen molar-refractivity contribution in [3.63, 3.8) is 0 Å². The van der Waals surface area contributed by atoms with E-state index >= 15 is 0 Å². The number of hydrogen-bond acceptors (Lipinski definition) is 3. The van der Waals surface area contributed by atoms with Crippen LogP contribution in [-0.2, 0) is 0 Å². The van der Waals surface area contributed by atoms with Crippen LogP contribution in [0.4, 0.5) is 0 Å². The molecule has 0 spiro atoms. The van der Waals surface area contributed by atoms with Crippen molar-refractivity contribution < 1.29 is 0 Å². The molecule has 0 aliphatic rings. The molecule has 50 heavy (non-hydrogen) atoms. The predicted molar refractivity (Wildman–Crippen MR) is 204 cm³/mol. The van der Waals surface area contributed by atoms with Gasteiger partial charge in [0.05, 0.1) is 22.2 Å². The molecule has 10 rings (SSSR count). The largest absolute Gasteiger partial charge is 0.293 e. The summed E-state index contributed by atoms with van der Waals surface area (Å²) >= 11 is 0. The van der Waals surface area contributed by atoms with Crippen molar-refractivity contribution in [3.8, 4) is 51.0 Å². The molecule has 0 amide bonds. The zero-order valence-electron chi connectivity index (χ0n) is 27.0. The van der Waals surface area contributed by atoms with E-state index in [1.54, 1.807) is 0 Å². The van der Waals surface area contributed by atoms with E-state index in [1.807, 2.05) is 60.7 Å². The summed E-state index contributed by atoms with van der Waals surface area (Å²) in [7, 11) is 0. The van der Waals surface area contributed by atoms with E-state index in [0.717, 1.165) is 39.1 Å². The minimum atomic E-state index is 0.640. The van der Waals surface area contributed by atoms with Crippen LogP contribution in [0.5, 0.6) is 0 Å². The lowest BCUT2D eigenvalue weighted by Crippen LogP contribution is -2.00. The first-order valence-electron chi connectivity index (χ1n) is 16.8. The Morgan fingerprint density at radius 2 is 0.820 bits per heavy atom. The molecule has 7 aromatic carbocycles. The van der Waals surface area contributed by atoms with Crippen LogP contribution >= 0.6 is 0 Å². The first kappa shape index (κ1) is 28.2. The Hall–Kier alpha value is -6.85. The Balaban J connectivity index is 1.20. The van der Waals surface area contributed by atoms with E-state index in [1.165, 1.54) is 32.8 Å². The third-order valence-electron chi connectivity index (χ3n) is 9.56. The maximum Gasteiger partial charge on any atom is 0.164 e. The van der Waals surface area contributed by atoms with Gasteiger partial charge in [0.1, 0.15) is 5.65 Å². The lowest BCUT2D eigenvalue weighted by atomic mass is 10.0. The van der Waals surface area contributed by atoms with Crippen molar-refractivity contribution in [2.45, 2.75) is 0 Å². The van der Waals surface area contributed by atoms with Gasteiger partial charge in [-0.3, -0.25) is 8.97 Å². The van der Waals surface area contributed by atoms with Crippen LogP contribution in [0.2, 0.25) is 0 Å². The SMILES string of the molecule is c1ccc(-c2nc(-c3ccccc3)nc(-c3ccc(-c4c5ccccc5n5c6ccccc6n(-c6cccc7ccccc67)c45)cc3)n2)cc1. The number of fused-ring (bicyclic) bond motifs is 6. The quantitative estimate of drug-likeness (QED) is 0.188. The van der Waals surface area contributed by atoms with Gasteiger partial charge in [-0.25, -0.2) is 15.0 Å². The molecule has 3 aromatic heterocycles. The fourth-order valence-corrected chi connectivity index (χ4v) is 7.29. The molecular formula is C45H29N5. The molecule has 0 aliphatic heterocycles. The van der Waals surface area contributed by atoms with Gasteiger partial charge in [0.25, 0.3) is 0 Å². The van der Waals surface area contributed by atoms with Gasteiger partial charge in [-0.15, -0.1) is 0 Å². The number of benzene rings is 7. The van der Waals surface area contributed by atoms with Gasteiger partial charge in [-0.05, 0) is 35.2 Å². The summed E-state index contributed by atoms with van der Waals surface area (Å²) in [6, 6.07) is 61.5. The molecule has 234 valence electrons. The van der Waals surface area contributed by atoms with Crippen LogP contribution < -0.4 is 0 Å². The highest BCUT2D eigenvalue weighted by Crippen LogP contribution is 2.42. The third kappa shape index (κ3) is 4.45. The molecule has 0 saturated carbocycles. The zero-order valence-corrected chi connectivity index (χ0v) is 27.0. The standard InChI is InChI=1S/C45H29N5/c1-3-15-32(16-4-1)42-46-43(33-17-5-2-6-18-33)48-44(47-42)34-28-26-31(27-29-34)41-36-21-9-10-22-38(36)50-40-24-12-11-23-39(40)49(45(41)50)37-25-13-19-30-14-7-8-20-35(30)37/h1-29H. The van der Waals surface area contributed by atoms with Crippen LogP contribution in [0.3, 0.4) is 0 Å². The Morgan fingerprint density at radius 1 is 0.340 bits per heavy atom.